The van der Waals surface area contributed by atoms with Crippen LogP contribution < -0.4 is 0 Å². The molecule has 1 atom stereocenters. The minimum atomic E-state index is -0.669. The van der Waals surface area contributed by atoms with Gasteiger partial charge >= 0.3 is 0 Å². The van der Waals surface area contributed by atoms with Crippen LogP contribution in [0.4, 0.5) is 0 Å². The summed E-state index contributed by atoms with van der Waals surface area (Å²) in [6.45, 7) is 2.06. The molecule has 0 aliphatic rings. The average Bonchev–Trinajstić information content (AvgIpc) is 2.88. The molecule has 0 saturated heterocycles. The van der Waals surface area contributed by atoms with Crippen LogP contribution in [0.5, 0.6) is 0 Å². The molecule has 92 valence electrons. The summed E-state index contributed by atoms with van der Waals surface area (Å²) in [7, 11) is 1.79. The van der Waals surface area contributed by atoms with Crippen molar-refractivity contribution >= 4 is 0 Å². The zero-order chi connectivity index (χ0) is 12.3. The maximum Gasteiger partial charge on any atom is 0.229 e. The quantitative estimate of drug-likeness (QED) is 0.839. The molecule has 0 aliphatic heterocycles. The van der Waals surface area contributed by atoms with Gasteiger partial charge in [0.15, 0.2) is 5.82 Å². The molecule has 17 heavy (non-hydrogen) atoms. The van der Waals surface area contributed by atoms with Crippen LogP contribution in [0, 0.1) is 0 Å². The molecule has 0 radical (unpaired) electrons. The van der Waals surface area contributed by atoms with E-state index in [0.717, 1.165) is 18.5 Å². The summed E-state index contributed by atoms with van der Waals surface area (Å²) in [4.78, 5) is 4.21. The number of hydrogen-bond donors (Lipinski definition) is 1. The molecule has 6 nitrogen and oxygen atoms in total. The minimum absolute atomic E-state index is 0.316. The lowest BCUT2D eigenvalue weighted by Crippen LogP contribution is -2.08. The van der Waals surface area contributed by atoms with Crippen molar-refractivity contribution < 1.29 is 9.63 Å². The van der Waals surface area contributed by atoms with E-state index in [1.54, 1.807) is 24.0 Å². The van der Waals surface area contributed by atoms with Gasteiger partial charge < -0.3 is 9.63 Å². The first-order valence-electron chi connectivity index (χ1n) is 5.68. The molecule has 2 aromatic heterocycles. The molecule has 0 fully saturated rings. The summed E-state index contributed by atoms with van der Waals surface area (Å²) in [6, 6.07) is 1.77. The van der Waals surface area contributed by atoms with Crippen LogP contribution in [0.1, 0.15) is 36.9 Å². The minimum Gasteiger partial charge on any atom is -0.386 e. The van der Waals surface area contributed by atoms with Gasteiger partial charge in [-0.1, -0.05) is 12.1 Å². The lowest BCUT2D eigenvalue weighted by Gasteiger charge is -2.07. The van der Waals surface area contributed by atoms with Crippen LogP contribution in [0.15, 0.2) is 16.8 Å². The second-order valence-electron chi connectivity index (χ2n) is 3.95. The first kappa shape index (κ1) is 11.8. The van der Waals surface area contributed by atoms with E-state index in [2.05, 4.69) is 22.2 Å². The third kappa shape index (κ3) is 2.71. The largest absolute Gasteiger partial charge is 0.386 e. The van der Waals surface area contributed by atoms with Crippen molar-refractivity contribution in [1.82, 2.24) is 19.9 Å². The van der Waals surface area contributed by atoms with E-state index in [1.807, 2.05) is 0 Å². The monoisotopic (exact) mass is 236 g/mol. The summed E-state index contributed by atoms with van der Waals surface area (Å²) in [6.07, 6.45) is 3.07. The van der Waals surface area contributed by atoms with Crippen molar-refractivity contribution in [3.8, 4) is 0 Å². The maximum absolute atomic E-state index is 9.99. The number of aryl methyl sites for hydroxylation is 2. The van der Waals surface area contributed by atoms with Crippen LogP contribution in [0.3, 0.4) is 0 Å². The Balaban J connectivity index is 2.02. The van der Waals surface area contributed by atoms with E-state index < -0.39 is 6.10 Å². The smallest absolute Gasteiger partial charge is 0.229 e. The summed E-state index contributed by atoms with van der Waals surface area (Å²) in [5.74, 6) is 1.15. The number of aromatic nitrogens is 4. The van der Waals surface area contributed by atoms with E-state index in [4.69, 9.17) is 4.52 Å². The fourth-order valence-corrected chi connectivity index (χ4v) is 1.68. The van der Waals surface area contributed by atoms with Crippen LogP contribution in [0.2, 0.25) is 0 Å². The predicted octanol–water partition coefficient (Wildman–Crippen LogP) is 1.03. The second-order valence-corrected chi connectivity index (χ2v) is 3.95. The summed E-state index contributed by atoms with van der Waals surface area (Å²) >= 11 is 0. The Morgan fingerprint density at radius 2 is 2.35 bits per heavy atom. The Bertz CT molecular complexity index is 477. The SMILES string of the molecule is CCCc1noc(CC(O)c2ccnn2C)n1. The fraction of sp³-hybridized carbons (Fsp3) is 0.545. The van der Waals surface area contributed by atoms with Gasteiger partial charge in [0.2, 0.25) is 5.89 Å². The second kappa shape index (κ2) is 5.09. The molecule has 2 rings (SSSR count). The van der Waals surface area contributed by atoms with Gasteiger partial charge in [-0.05, 0) is 12.5 Å². The summed E-state index contributed by atoms with van der Waals surface area (Å²) < 4.78 is 6.71. The molecule has 2 aromatic rings. The van der Waals surface area contributed by atoms with Crippen molar-refractivity contribution in [2.45, 2.75) is 32.3 Å². The molecule has 0 bridgehead atoms. The molecule has 6 heteroatoms. The molecule has 2 heterocycles. The topological polar surface area (TPSA) is 77.0 Å². The van der Waals surface area contributed by atoms with Crippen molar-refractivity contribution in [3.63, 3.8) is 0 Å². The van der Waals surface area contributed by atoms with Crippen molar-refractivity contribution in [2.24, 2.45) is 7.05 Å². The molecule has 0 aromatic carbocycles. The van der Waals surface area contributed by atoms with Gasteiger partial charge in [-0.25, -0.2) is 0 Å². The molecular weight excluding hydrogens is 220 g/mol. The first-order valence-corrected chi connectivity index (χ1v) is 5.68. The van der Waals surface area contributed by atoms with Crippen LogP contribution in [-0.2, 0) is 19.9 Å². The van der Waals surface area contributed by atoms with E-state index in [1.165, 1.54) is 0 Å². The third-order valence-electron chi connectivity index (χ3n) is 2.55. The Kier molecular flexibility index (Phi) is 3.53. The van der Waals surface area contributed by atoms with Crippen LogP contribution >= 0.6 is 0 Å². The van der Waals surface area contributed by atoms with Gasteiger partial charge in [-0.2, -0.15) is 10.1 Å². The van der Waals surface area contributed by atoms with Crippen molar-refractivity contribution in [3.05, 3.63) is 29.7 Å². The van der Waals surface area contributed by atoms with Crippen molar-refractivity contribution in [2.75, 3.05) is 0 Å². The highest BCUT2D eigenvalue weighted by Crippen LogP contribution is 2.16. The summed E-state index contributed by atoms with van der Waals surface area (Å²) in [5.41, 5.74) is 0.736. The number of aliphatic hydroxyl groups is 1. The van der Waals surface area contributed by atoms with E-state index in [-0.39, 0.29) is 0 Å². The normalized spacial score (nSPS) is 12.9. The molecule has 0 spiro atoms. The lowest BCUT2D eigenvalue weighted by atomic mass is 10.2. The molecular formula is C11H16N4O2. The zero-order valence-corrected chi connectivity index (χ0v) is 10.00. The van der Waals surface area contributed by atoms with E-state index in [9.17, 15) is 5.11 Å². The number of nitrogens with zero attached hydrogens (tertiary/aromatic N) is 4. The third-order valence-corrected chi connectivity index (χ3v) is 2.55. The van der Waals surface area contributed by atoms with Gasteiger partial charge in [-0.15, -0.1) is 0 Å². The highest BCUT2D eigenvalue weighted by Gasteiger charge is 2.16. The molecule has 0 amide bonds. The first-order chi connectivity index (χ1) is 8.20. The molecule has 1 unspecified atom stereocenters. The van der Waals surface area contributed by atoms with Gasteiger partial charge in [0.25, 0.3) is 0 Å². The highest BCUT2D eigenvalue weighted by molar-refractivity contribution is 5.06. The van der Waals surface area contributed by atoms with Crippen LogP contribution in [0.25, 0.3) is 0 Å². The van der Waals surface area contributed by atoms with E-state index >= 15 is 0 Å². The van der Waals surface area contributed by atoms with E-state index in [0.29, 0.717) is 18.1 Å². The Morgan fingerprint density at radius 3 is 3.00 bits per heavy atom. The lowest BCUT2D eigenvalue weighted by molar-refractivity contribution is 0.155. The van der Waals surface area contributed by atoms with Crippen LogP contribution in [-0.4, -0.2) is 25.0 Å². The summed E-state index contributed by atoms with van der Waals surface area (Å²) in [5, 5.41) is 17.8. The Morgan fingerprint density at radius 1 is 1.53 bits per heavy atom. The molecule has 0 aliphatic carbocycles. The van der Waals surface area contributed by atoms with Gasteiger partial charge in [-0.3, -0.25) is 4.68 Å². The van der Waals surface area contributed by atoms with Gasteiger partial charge in [0, 0.05) is 19.7 Å². The standard InChI is InChI=1S/C11H16N4O2/c1-3-4-10-13-11(17-14-10)7-9(16)8-5-6-12-15(8)2/h5-6,9,16H,3-4,7H2,1-2H3. The highest BCUT2D eigenvalue weighted by atomic mass is 16.5. The number of rotatable bonds is 5. The van der Waals surface area contributed by atoms with Crippen molar-refractivity contribution in [1.29, 1.82) is 0 Å². The Hall–Kier alpha value is -1.69. The maximum atomic E-state index is 9.99. The fourth-order valence-electron chi connectivity index (χ4n) is 1.68. The predicted molar refractivity (Wildman–Crippen MR) is 60.2 cm³/mol. The molecule has 1 N–H and O–H groups in total. The number of hydrogen-bond acceptors (Lipinski definition) is 5. The molecule has 0 saturated carbocycles. The number of aliphatic hydroxyl groups excluding tert-OH is 1. The van der Waals surface area contributed by atoms with Gasteiger partial charge in [0.05, 0.1) is 12.1 Å². The Labute approximate surface area is 99.3 Å². The van der Waals surface area contributed by atoms with Gasteiger partial charge in [0.1, 0.15) is 6.10 Å². The average molecular weight is 236 g/mol. The zero-order valence-electron chi connectivity index (χ0n) is 10.00.